The first-order valence-corrected chi connectivity index (χ1v) is 6.92. The highest BCUT2D eigenvalue weighted by Crippen LogP contribution is 2.12. The Bertz CT molecular complexity index is 625. The summed E-state index contributed by atoms with van der Waals surface area (Å²) >= 11 is 0. The van der Waals surface area contributed by atoms with Gasteiger partial charge in [-0.2, -0.15) is 5.10 Å². The van der Waals surface area contributed by atoms with Crippen LogP contribution < -0.4 is 0 Å². The maximum Gasteiger partial charge on any atom is 0.244 e. The van der Waals surface area contributed by atoms with Gasteiger partial charge in [-0.05, 0) is 12.1 Å². The van der Waals surface area contributed by atoms with E-state index in [2.05, 4.69) is 10.1 Å². The van der Waals surface area contributed by atoms with Gasteiger partial charge in [0.15, 0.2) is 5.65 Å². The molecule has 3 rings (SSSR count). The molecule has 2 aromatic heterocycles. The van der Waals surface area contributed by atoms with Gasteiger partial charge >= 0.3 is 0 Å². The summed E-state index contributed by atoms with van der Waals surface area (Å²) in [5.41, 5.74) is 0.724. The number of hydrogen-bond acceptors (Lipinski definition) is 5. The summed E-state index contributed by atoms with van der Waals surface area (Å²) in [6.07, 6.45) is 3.43. The molecule has 1 fully saturated rings. The number of carbonyl (C=O) groups excluding carboxylic acids is 1. The molecule has 0 radical (unpaired) electrons. The number of morpholine rings is 1. The van der Waals surface area contributed by atoms with Crippen molar-refractivity contribution in [3.63, 3.8) is 0 Å². The highest BCUT2D eigenvalue weighted by atomic mass is 16.5. The first-order valence-electron chi connectivity index (χ1n) is 6.92. The number of rotatable bonds is 4. The average molecular weight is 290 g/mol. The van der Waals surface area contributed by atoms with Crippen LogP contribution in [0.5, 0.6) is 0 Å². The number of nitrogens with zero attached hydrogens (tertiary/aromatic N) is 4. The van der Waals surface area contributed by atoms with Crippen molar-refractivity contribution >= 4 is 16.9 Å². The lowest BCUT2D eigenvalue weighted by Gasteiger charge is -2.35. The molecule has 0 aromatic carbocycles. The first-order chi connectivity index (χ1) is 10.3. The molecular weight excluding hydrogens is 272 g/mol. The highest BCUT2D eigenvalue weighted by molar-refractivity contribution is 5.80. The van der Waals surface area contributed by atoms with Crippen LogP contribution in [-0.4, -0.2) is 65.1 Å². The molecule has 2 aromatic rings. The van der Waals surface area contributed by atoms with E-state index in [-0.39, 0.29) is 18.5 Å². The number of carbonyl (C=O) groups is 1. The summed E-state index contributed by atoms with van der Waals surface area (Å²) in [5.74, 6) is 0.0102. The van der Waals surface area contributed by atoms with Crippen LogP contribution >= 0.6 is 0 Å². The van der Waals surface area contributed by atoms with Crippen molar-refractivity contribution in [1.29, 1.82) is 0 Å². The second-order valence-electron chi connectivity index (χ2n) is 4.99. The van der Waals surface area contributed by atoms with Gasteiger partial charge in [-0.1, -0.05) is 0 Å². The van der Waals surface area contributed by atoms with Crippen molar-refractivity contribution in [2.24, 2.45) is 0 Å². The van der Waals surface area contributed by atoms with E-state index < -0.39 is 0 Å². The standard InChI is InChI=1S/C14H18N4O3/c1-20-9-12-10-21-6-5-17(12)13(19)8-18-14-11(7-16-18)3-2-4-15-14/h2-4,7,12H,5-6,8-10H2,1H3. The zero-order valence-corrected chi connectivity index (χ0v) is 11.9. The Morgan fingerprint density at radius 3 is 3.33 bits per heavy atom. The Hall–Kier alpha value is -1.99. The molecule has 1 unspecified atom stereocenters. The molecular formula is C14H18N4O3. The van der Waals surface area contributed by atoms with Crippen LogP contribution in [0.2, 0.25) is 0 Å². The quantitative estimate of drug-likeness (QED) is 0.810. The van der Waals surface area contributed by atoms with E-state index in [0.717, 1.165) is 11.0 Å². The van der Waals surface area contributed by atoms with E-state index in [0.29, 0.717) is 26.4 Å². The zero-order chi connectivity index (χ0) is 14.7. The summed E-state index contributed by atoms with van der Waals surface area (Å²) < 4.78 is 12.2. The van der Waals surface area contributed by atoms with E-state index in [1.165, 1.54) is 0 Å². The maximum absolute atomic E-state index is 12.5. The van der Waals surface area contributed by atoms with Crippen molar-refractivity contribution in [2.75, 3.05) is 33.5 Å². The number of fused-ring (bicyclic) bond motifs is 1. The van der Waals surface area contributed by atoms with Crippen molar-refractivity contribution in [1.82, 2.24) is 19.7 Å². The normalized spacial score (nSPS) is 19.1. The molecule has 0 aliphatic carbocycles. The van der Waals surface area contributed by atoms with Gasteiger partial charge in [-0.3, -0.25) is 4.79 Å². The Balaban J connectivity index is 1.75. The Labute approximate surface area is 122 Å². The molecule has 1 aliphatic rings. The van der Waals surface area contributed by atoms with Crippen LogP contribution in [-0.2, 0) is 20.8 Å². The summed E-state index contributed by atoms with van der Waals surface area (Å²) in [5, 5.41) is 5.18. The van der Waals surface area contributed by atoms with Crippen molar-refractivity contribution in [3.8, 4) is 0 Å². The first kappa shape index (κ1) is 14.0. The lowest BCUT2D eigenvalue weighted by Crippen LogP contribution is -2.51. The number of ether oxygens (including phenoxy) is 2. The van der Waals surface area contributed by atoms with E-state index in [4.69, 9.17) is 9.47 Å². The SMILES string of the molecule is COCC1COCCN1C(=O)Cn1ncc2cccnc21. The third-order valence-corrected chi connectivity index (χ3v) is 3.59. The van der Waals surface area contributed by atoms with E-state index >= 15 is 0 Å². The van der Waals surface area contributed by atoms with Crippen LogP contribution in [0.25, 0.3) is 11.0 Å². The van der Waals surface area contributed by atoms with Crippen molar-refractivity contribution in [3.05, 3.63) is 24.5 Å². The topological polar surface area (TPSA) is 69.5 Å². The minimum atomic E-state index is -0.0361. The molecule has 1 saturated heterocycles. The maximum atomic E-state index is 12.5. The van der Waals surface area contributed by atoms with Gasteiger partial charge in [-0.15, -0.1) is 0 Å². The molecule has 1 atom stereocenters. The predicted molar refractivity (Wildman–Crippen MR) is 75.7 cm³/mol. The highest BCUT2D eigenvalue weighted by Gasteiger charge is 2.27. The van der Waals surface area contributed by atoms with E-state index in [9.17, 15) is 4.79 Å². The molecule has 0 N–H and O–H groups in total. The lowest BCUT2D eigenvalue weighted by atomic mass is 10.2. The van der Waals surface area contributed by atoms with Crippen LogP contribution in [0.1, 0.15) is 0 Å². The molecule has 3 heterocycles. The third kappa shape index (κ3) is 2.88. The van der Waals surface area contributed by atoms with Crippen LogP contribution in [0.15, 0.2) is 24.5 Å². The predicted octanol–water partition coefficient (Wildman–Crippen LogP) is 0.305. The number of pyridine rings is 1. The fourth-order valence-corrected chi connectivity index (χ4v) is 2.56. The van der Waals surface area contributed by atoms with E-state index in [1.807, 2.05) is 17.0 Å². The Morgan fingerprint density at radius 1 is 1.57 bits per heavy atom. The van der Waals surface area contributed by atoms with Crippen molar-refractivity contribution in [2.45, 2.75) is 12.6 Å². The summed E-state index contributed by atoms with van der Waals surface area (Å²) in [4.78, 5) is 18.6. The molecule has 7 heteroatoms. The van der Waals surface area contributed by atoms with Gasteiger partial charge in [0.2, 0.25) is 5.91 Å². The Kier molecular flexibility index (Phi) is 4.12. The third-order valence-electron chi connectivity index (χ3n) is 3.59. The van der Waals surface area contributed by atoms with Gasteiger partial charge in [0.05, 0.1) is 32.1 Å². The minimum absolute atomic E-state index is 0.0102. The van der Waals surface area contributed by atoms with Gasteiger partial charge in [-0.25, -0.2) is 9.67 Å². The van der Waals surface area contributed by atoms with Gasteiger partial charge in [0.25, 0.3) is 0 Å². The molecule has 21 heavy (non-hydrogen) atoms. The van der Waals surface area contributed by atoms with Gasteiger partial charge < -0.3 is 14.4 Å². The average Bonchev–Trinajstić information content (AvgIpc) is 2.91. The van der Waals surface area contributed by atoms with Crippen LogP contribution in [0, 0.1) is 0 Å². The number of hydrogen-bond donors (Lipinski definition) is 0. The summed E-state index contributed by atoms with van der Waals surface area (Å²) in [6.45, 7) is 2.31. The molecule has 1 amide bonds. The van der Waals surface area contributed by atoms with Crippen LogP contribution in [0.4, 0.5) is 0 Å². The Morgan fingerprint density at radius 2 is 2.48 bits per heavy atom. The smallest absolute Gasteiger partial charge is 0.244 e. The molecule has 1 aliphatic heterocycles. The summed E-state index contributed by atoms with van der Waals surface area (Å²) in [6, 6.07) is 3.75. The fraction of sp³-hybridized carbons (Fsp3) is 0.500. The fourth-order valence-electron chi connectivity index (χ4n) is 2.56. The van der Waals surface area contributed by atoms with Crippen molar-refractivity contribution < 1.29 is 14.3 Å². The molecule has 7 nitrogen and oxygen atoms in total. The molecule has 0 saturated carbocycles. The number of methoxy groups -OCH3 is 1. The molecule has 0 bridgehead atoms. The zero-order valence-electron chi connectivity index (χ0n) is 11.9. The second kappa shape index (κ2) is 6.19. The largest absolute Gasteiger partial charge is 0.382 e. The second-order valence-corrected chi connectivity index (χ2v) is 4.99. The molecule has 0 spiro atoms. The lowest BCUT2D eigenvalue weighted by molar-refractivity contribution is -0.142. The van der Waals surface area contributed by atoms with Gasteiger partial charge in [0, 0.05) is 25.2 Å². The number of aromatic nitrogens is 3. The minimum Gasteiger partial charge on any atom is -0.382 e. The van der Waals surface area contributed by atoms with Crippen LogP contribution in [0.3, 0.4) is 0 Å². The molecule has 112 valence electrons. The monoisotopic (exact) mass is 290 g/mol. The van der Waals surface area contributed by atoms with E-state index in [1.54, 1.807) is 24.2 Å². The van der Waals surface area contributed by atoms with Gasteiger partial charge in [0.1, 0.15) is 6.54 Å². The summed E-state index contributed by atoms with van der Waals surface area (Å²) in [7, 11) is 1.63. The number of amides is 1.